The molecule has 4 aliphatic carbocycles. The largest absolute Gasteiger partial charge is 0.449 e. The number of aliphatic hydroxyl groups excluding tert-OH is 1. The van der Waals surface area contributed by atoms with Crippen molar-refractivity contribution in [3.8, 4) is 0 Å². The van der Waals surface area contributed by atoms with Crippen molar-refractivity contribution in [1.29, 1.82) is 0 Å². The third kappa shape index (κ3) is 6.50. The van der Waals surface area contributed by atoms with Gasteiger partial charge in [0.1, 0.15) is 0 Å². The fraction of sp³-hybridized carbons (Fsp3) is 0.760. The lowest BCUT2D eigenvalue weighted by molar-refractivity contribution is 0.116. The molecule has 4 atom stereocenters. The Bertz CT molecular complexity index is 618. The molecular formula is C25H38N2O5. The van der Waals surface area contributed by atoms with Gasteiger partial charge in [0, 0.05) is 13.1 Å². The van der Waals surface area contributed by atoms with E-state index >= 15 is 0 Å². The maximum Gasteiger partial charge on any atom is 0.407 e. The number of nitrogens with one attached hydrogen (secondary N) is 2. The summed E-state index contributed by atoms with van der Waals surface area (Å²) in [6, 6.07) is 0. The summed E-state index contributed by atoms with van der Waals surface area (Å²) >= 11 is 0. The highest BCUT2D eigenvalue weighted by atomic mass is 16.6. The van der Waals surface area contributed by atoms with E-state index in [2.05, 4.69) is 34.9 Å². The van der Waals surface area contributed by atoms with Crippen molar-refractivity contribution < 1.29 is 24.2 Å². The van der Waals surface area contributed by atoms with E-state index in [4.69, 9.17) is 9.47 Å². The molecule has 178 valence electrons. The molecule has 0 aliphatic heterocycles. The summed E-state index contributed by atoms with van der Waals surface area (Å²) in [7, 11) is 0. The van der Waals surface area contributed by atoms with Gasteiger partial charge in [0.2, 0.25) is 0 Å². The molecule has 0 radical (unpaired) electrons. The minimum atomic E-state index is -0.890. The molecular weight excluding hydrogens is 408 g/mol. The second-order valence-corrected chi connectivity index (χ2v) is 9.85. The molecule has 2 amide bonds. The highest BCUT2D eigenvalue weighted by molar-refractivity contribution is 5.68. The zero-order valence-corrected chi connectivity index (χ0v) is 18.9. The number of fused-ring (bicyclic) bond motifs is 2. The topological polar surface area (TPSA) is 96.9 Å². The number of carbonyl (C=O) groups is 2. The monoisotopic (exact) mass is 446 g/mol. The molecule has 7 nitrogen and oxygen atoms in total. The first kappa shape index (κ1) is 23.1. The average molecular weight is 447 g/mol. The molecule has 0 aromatic rings. The molecule has 4 unspecified atom stereocenters. The Morgan fingerprint density at radius 3 is 1.41 bits per heavy atom. The first-order valence-corrected chi connectivity index (χ1v) is 12.4. The van der Waals surface area contributed by atoms with Crippen LogP contribution in [0.15, 0.2) is 24.3 Å². The number of carbonyl (C=O) groups excluding carboxylic acids is 2. The quantitative estimate of drug-likeness (QED) is 0.493. The molecule has 32 heavy (non-hydrogen) atoms. The normalized spacial score (nSPS) is 35.8. The van der Waals surface area contributed by atoms with Gasteiger partial charge in [-0.25, -0.2) is 9.59 Å². The Balaban J connectivity index is 1.03. The maximum absolute atomic E-state index is 11.9. The number of hydrogen-bond acceptors (Lipinski definition) is 5. The predicted octanol–water partition coefficient (Wildman–Crippen LogP) is 3.78. The Labute approximate surface area is 191 Å². The molecule has 7 heteroatoms. The van der Waals surface area contributed by atoms with Crippen LogP contribution in [0.4, 0.5) is 9.59 Å². The predicted molar refractivity (Wildman–Crippen MR) is 121 cm³/mol. The minimum absolute atomic E-state index is 0.0281. The average Bonchev–Trinajstić information content (AvgIpc) is 3.60. The van der Waals surface area contributed by atoms with E-state index in [0.717, 1.165) is 25.7 Å². The molecule has 0 heterocycles. The van der Waals surface area contributed by atoms with E-state index in [1.807, 2.05) is 0 Å². The van der Waals surface area contributed by atoms with E-state index in [1.54, 1.807) is 0 Å². The highest BCUT2D eigenvalue weighted by Gasteiger charge is 2.50. The number of allylic oxidation sites excluding steroid dienone is 4. The van der Waals surface area contributed by atoms with Crippen LogP contribution in [0.3, 0.4) is 0 Å². The van der Waals surface area contributed by atoms with Crippen LogP contribution in [0.2, 0.25) is 0 Å². The van der Waals surface area contributed by atoms with Crippen molar-refractivity contribution in [3.05, 3.63) is 24.3 Å². The summed E-state index contributed by atoms with van der Waals surface area (Å²) in [6.07, 6.45) is 16.3. The van der Waals surface area contributed by atoms with Gasteiger partial charge in [0.15, 0.2) is 0 Å². The molecule has 2 saturated carbocycles. The van der Waals surface area contributed by atoms with Crippen LogP contribution in [0.25, 0.3) is 0 Å². The maximum atomic E-state index is 11.9. The van der Waals surface area contributed by atoms with E-state index in [0.29, 0.717) is 48.7 Å². The standard InChI is InChI=1S/C25H38N2O5/c28-17(13-26-24(29)31-15-22-18-9-5-1-2-6-10-19(18)22)14-27-25(30)32-16-23-20-11-7-3-4-8-12-21(20)23/h1-4,17-23,28H,5-16H2,(H,26,29)(H,27,30)/b2-1+,4-3+. The lowest BCUT2D eigenvalue weighted by atomic mass is 10.1. The Kier molecular flexibility index (Phi) is 8.11. The summed E-state index contributed by atoms with van der Waals surface area (Å²) < 4.78 is 10.7. The van der Waals surface area contributed by atoms with E-state index in [9.17, 15) is 14.7 Å². The van der Waals surface area contributed by atoms with Crippen LogP contribution in [-0.2, 0) is 9.47 Å². The van der Waals surface area contributed by atoms with Crippen LogP contribution >= 0.6 is 0 Å². The number of alkyl carbamates (subject to hydrolysis) is 2. The third-order valence-corrected chi connectivity index (χ3v) is 7.80. The van der Waals surface area contributed by atoms with Crippen molar-refractivity contribution in [2.75, 3.05) is 26.3 Å². The van der Waals surface area contributed by atoms with Crippen molar-refractivity contribution in [1.82, 2.24) is 10.6 Å². The van der Waals surface area contributed by atoms with Crippen molar-refractivity contribution >= 4 is 12.2 Å². The van der Waals surface area contributed by atoms with Gasteiger partial charge >= 0.3 is 12.2 Å². The van der Waals surface area contributed by atoms with Crippen LogP contribution in [0, 0.1) is 35.5 Å². The fourth-order valence-electron chi connectivity index (χ4n) is 5.80. The molecule has 0 bridgehead atoms. The summed E-state index contributed by atoms with van der Waals surface area (Å²) in [6.45, 7) is 0.947. The summed E-state index contributed by atoms with van der Waals surface area (Å²) in [5.74, 6) is 3.67. The Morgan fingerprint density at radius 2 is 1.06 bits per heavy atom. The van der Waals surface area contributed by atoms with Crippen LogP contribution in [0.5, 0.6) is 0 Å². The van der Waals surface area contributed by atoms with Gasteiger partial charge in [0.25, 0.3) is 0 Å². The van der Waals surface area contributed by atoms with E-state index < -0.39 is 18.3 Å². The summed E-state index contributed by atoms with van der Waals surface area (Å²) in [5, 5.41) is 15.2. The van der Waals surface area contributed by atoms with Gasteiger partial charge in [-0.1, -0.05) is 24.3 Å². The first-order valence-electron chi connectivity index (χ1n) is 12.4. The SMILES string of the molecule is O=C(NCC(O)CNC(=O)OCC1C2CC/C=C/CCC21)OCC1C2CC/C=C/CCC21. The van der Waals surface area contributed by atoms with Gasteiger partial charge in [0.05, 0.1) is 19.3 Å². The van der Waals surface area contributed by atoms with Gasteiger partial charge in [-0.2, -0.15) is 0 Å². The van der Waals surface area contributed by atoms with Gasteiger partial charge in [-0.05, 0) is 86.9 Å². The minimum Gasteiger partial charge on any atom is -0.449 e. The van der Waals surface area contributed by atoms with Crippen LogP contribution in [0.1, 0.15) is 51.4 Å². The molecule has 0 aromatic carbocycles. The summed E-state index contributed by atoms with van der Waals surface area (Å²) in [4.78, 5) is 23.9. The highest BCUT2D eigenvalue weighted by Crippen LogP contribution is 2.53. The van der Waals surface area contributed by atoms with Crippen LogP contribution < -0.4 is 10.6 Å². The molecule has 4 aliphatic rings. The molecule has 0 saturated heterocycles. The van der Waals surface area contributed by atoms with Gasteiger partial charge in [-0.15, -0.1) is 0 Å². The second kappa shape index (κ2) is 11.2. The number of aliphatic hydroxyl groups is 1. The summed E-state index contributed by atoms with van der Waals surface area (Å²) in [5.41, 5.74) is 0. The lowest BCUT2D eigenvalue weighted by Crippen LogP contribution is -2.40. The zero-order chi connectivity index (χ0) is 22.3. The molecule has 2 fully saturated rings. The molecule has 3 N–H and O–H groups in total. The van der Waals surface area contributed by atoms with E-state index in [1.165, 1.54) is 25.7 Å². The third-order valence-electron chi connectivity index (χ3n) is 7.80. The fourth-order valence-corrected chi connectivity index (χ4v) is 5.80. The van der Waals surface area contributed by atoms with Crippen molar-refractivity contribution in [2.24, 2.45) is 35.5 Å². The van der Waals surface area contributed by atoms with Gasteiger partial charge in [-0.3, -0.25) is 0 Å². The van der Waals surface area contributed by atoms with Crippen LogP contribution in [-0.4, -0.2) is 49.7 Å². The number of hydrogen-bond donors (Lipinski definition) is 3. The van der Waals surface area contributed by atoms with E-state index in [-0.39, 0.29) is 13.1 Å². The first-order chi connectivity index (χ1) is 15.6. The number of ether oxygens (including phenoxy) is 2. The number of rotatable bonds is 8. The number of amides is 2. The molecule has 4 rings (SSSR count). The Hall–Kier alpha value is -2.02. The molecule has 0 spiro atoms. The lowest BCUT2D eigenvalue weighted by Gasteiger charge is -2.13. The second-order valence-electron chi connectivity index (χ2n) is 9.85. The zero-order valence-electron chi connectivity index (χ0n) is 18.9. The Morgan fingerprint density at radius 1 is 0.719 bits per heavy atom. The van der Waals surface area contributed by atoms with Gasteiger partial charge < -0.3 is 25.2 Å². The molecule has 0 aromatic heterocycles. The van der Waals surface area contributed by atoms with Crippen molar-refractivity contribution in [2.45, 2.75) is 57.5 Å². The smallest absolute Gasteiger partial charge is 0.407 e. The van der Waals surface area contributed by atoms with Crippen molar-refractivity contribution in [3.63, 3.8) is 0 Å².